The minimum atomic E-state index is -1.20. The second-order valence-corrected chi connectivity index (χ2v) is 6.19. The highest BCUT2D eigenvalue weighted by molar-refractivity contribution is 9.10. The molecule has 2 aromatic carbocycles. The molecule has 2 rings (SSSR count). The molecule has 0 saturated heterocycles. The SMILES string of the molecule is O=C(NC(=CCCc1ccc(Br)cc1)C(=O)O)OCc1ccccc1. The van der Waals surface area contributed by atoms with Crippen molar-refractivity contribution in [2.45, 2.75) is 19.4 Å². The van der Waals surface area contributed by atoms with E-state index < -0.39 is 12.1 Å². The Morgan fingerprint density at radius 1 is 1.04 bits per heavy atom. The summed E-state index contributed by atoms with van der Waals surface area (Å²) in [7, 11) is 0. The molecule has 0 spiro atoms. The van der Waals surface area contributed by atoms with Crippen molar-refractivity contribution in [3.05, 3.63) is 82.0 Å². The van der Waals surface area contributed by atoms with Gasteiger partial charge in [-0.25, -0.2) is 9.59 Å². The van der Waals surface area contributed by atoms with Gasteiger partial charge in [0.05, 0.1) is 0 Å². The summed E-state index contributed by atoms with van der Waals surface area (Å²) in [6.45, 7) is 0.0818. The fraction of sp³-hybridized carbons (Fsp3) is 0.158. The summed E-state index contributed by atoms with van der Waals surface area (Å²) in [6.07, 6.45) is 1.85. The van der Waals surface area contributed by atoms with Crippen LogP contribution in [0.2, 0.25) is 0 Å². The second kappa shape index (κ2) is 9.64. The van der Waals surface area contributed by atoms with Crippen molar-refractivity contribution in [3.63, 3.8) is 0 Å². The van der Waals surface area contributed by atoms with Gasteiger partial charge < -0.3 is 9.84 Å². The molecule has 0 fully saturated rings. The molecule has 6 heteroatoms. The highest BCUT2D eigenvalue weighted by atomic mass is 79.9. The fourth-order valence-electron chi connectivity index (χ4n) is 2.10. The van der Waals surface area contributed by atoms with E-state index >= 15 is 0 Å². The maximum Gasteiger partial charge on any atom is 0.412 e. The Hall–Kier alpha value is -2.60. The van der Waals surface area contributed by atoms with E-state index in [2.05, 4.69) is 21.2 Å². The monoisotopic (exact) mass is 403 g/mol. The third kappa shape index (κ3) is 6.81. The average molecular weight is 404 g/mol. The van der Waals surface area contributed by atoms with Crippen molar-refractivity contribution in [1.29, 1.82) is 0 Å². The van der Waals surface area contributed by atoms with Crippen LogP contribution in [-0.2, 0) is 22.6 Å². The van der Waals surface area contributed by atoms with Crippen LogP contribution in [0, 0.1) is 0 Å². The molecule has 1 amide bonds. The van der Waals surface area contributed by atoms with Crippen molar-refractivity contribution in [3.8, 4) is 0 Å². The Morgan fingerprint density at radius 2 is 1.72 bits per heavy atom. The average Bonchev–Trinajstić information content (AvgIpc) is 2.61. The molecule has 25 heavy (non-hydrogen) atoms. The van der Waals surface area contributed by atoms with E-state index in [9.17, 15) is 14.7 Å². The van der Waals surface area contributed by atoms with Gasteiger partial charge in [0.2, 0.25) is 0 Å². The number of allylic oxidation sites excluding steroid dienone is 1. The van der Waals surface area contributed by atoms with Gasteiger partial charge in [0.25, 0.3) is 0 Å². The third-order valence-corrected chi connectivity index (χ3v) is 3.90. The van der Waals surface area contributed by atoms with Crippen LogP contribution in [0.1, 0.15) is 17.5 Å². The van der Waals surface area contributed by atoms with Crippen LogP contribution in [0.5, 0.6) is 0 Å². The zero-order chi connectivity index (χ0) is 18.1. The van der Waals surface area contributed by atoms with Gasteiger partial charge in [-0.3, -0.25) is 5.32 Å². The molecule has 0 aliphatic rings. The first-order valence-electron chi connectivity index (χ1n) is 7.70. The molecule has 0 aliphatic carbocycles. The molecule has 130 valence electrons. The number of nitrogens with one attached hydrogen (secondary N) is 1. The largest absolute Gasteiger partial charge is 0.477 e. The second-order valence-electron chi connectivity index (χ2n) is 5.27. The Bertz CT molecular complexity index is 742. The fourth-order valence-corrected chi connectivity index (χ4v) is 2.36. The molecular weight excluding hydrogens is 386 g/mol. The maximum atomic E-state index is 11.8. The molecule has 0 aliphatic heterocycles. The Balaban J connectivity index is 1.85. The van der Waals surface area contributed by atoms with E-state index in [1.807, 2.05) is 54.6 Å². The number of carbonyl (C=O) groups excluding carboxylic acids is 1. The number of hydrogen-bond donors (Lipinski definition) is 2. The number of aliphatic carboxylic acids is 1. The van der Waals surface area contributed by atoms with Crippen LogP contribution >= 0.6 is 15.9 Å². The van der Waals surface area contributed by atoms with Crippen LogP contribution in [-0.4, -0.2) is 17.2 Å². The normalized spacial score (nSPS) is 11.0. The molecule has 2 aromatic rings. The molecule has 0 atom stereocenters. The zero-order valence-electron chi connectivity index (χ0n) is 13.4. The first-order valence-corrected chi connectivity index (χ1v) is 8.49. The molecule has 0 heterocycles. The number of hydrogen-bond acceptors (Lipinski definition) is 3. The number of benzene rings is 2. The number of aryl methyl sites for hydroxylation is 1. The number of amides is 1. The van der Waals surface area contributed by atoms with Gasteiger partial charge in [-0.15, -0.1) is 0 Å². The molecule has 2 N–H and O–H groups in total. The third-order valence-electron chi connectivity index (χ3n) is 3.37. The van der Waals surface area contributed by atoms with Crippen LogP contribution in [0.15, 0.2) is 70.8 Å². The smallest absolute Gasteiger partial charge is 0.412 e. The van der Waals surface area contributed by atoms with Crippen molar-refractivity contribution < 1.29 is 19.4 Å². The van der Waals surface area contributed by atoms with Gasteiger partial charge >= 0.3 is 12.1 Å². The summed E-state index contributed by atoms with van der Waals surface area (Å²) in [5.41, 5.74) is 1.72. The van der Waals surface area contributed by atoms with E-state index in [0.29, 0.717) is 12.8 Å². The van der Waals surface area contributed by atoms with Crippen molar-refractivity contribution in [2.75, 3.05) is 0 Å². The Labute approximate surface area is 154 Å². The van der Waals surface area contributed by atoms with E-state index in [-0.39, 0.29) is 12.3 Å². The lowest BCUT2D eigenvalue weighted by Crippen LogP contribution is -2.28. The lowest BCUT2D eigenvalue weighted by atomic mass is 10.1. The van der Waals surface area contributed by atoms with Gasteiger partial charge in [-0.05, 0) is 36.1 Å². The number of carboxylic acids is 1. The minimum absolute atomic E-state index is 0.0818. The summed E-state index contributed by atoms with van der Waals surface area (Å²) in [5.74, 6) is -1.20. The van der Waals surface area contributed by atoms with Crippen molar-refractivity contribution in [2.24, 2.45) is 0 Å². The van der Waals surface area contributed by atoms with Gasteiger partial charge in [-0.2, -0.15) is 0 Å². The maximum absolute atomic E-state index is 11.8. The standard InChI is InChI=1S/C19H18BrNO4/c20-16-11-9-14(10-12-16)7-4-8-17(18(22)23)21-19(24)25-13-15-5-2-1-3-6-15/h1-3,5-6,8-12H,4,7,13H2,(H,21,24)(H,22,23). The molecule has 5 nitrogen and oxygen atoms in total. The van der Waals surface area contributed by atoms with Crippen molar-refractivity contribution >= 4 is 28.0 Å². The molecular formula is C19H18BrNO4. The van der Waals surface area contributed by atoms with Crippen LogP contribution < -0.4 is 5.32 Å². The van der Waals surface area contributed by atoms with Crippen LogP contribution in [0.25, 0.3) is 0 Å². The molecule has 0 radical (unpaired) electrons. The summed E-state index contributed by atoms with van der Waals surface area (Å²) in [6, 6.07) is 16.9. The predicted molar refractivity (Wildman–Crippen MR) is 97.9 cm³/mol. The highest BCUT2D eigenvalue weighted by Gasteiger charge is 2.12. The van der Waals surface area contributed by atoms with E-state index in [0.717, 1.165) is 15.6 Å². The molecule has 0 bridgehead atoms. The summed E-state index contributed by atoms with van der Waals surface area (Å²) >= 11 is 3.36. The number of carboxylic acid groups (broad SMARTS) is 1. The van der Waals surface area contributed by atoms with E-state index in [1.54, 1.807) is 0 Å². The van der Waals surface area contributed by atoms with Gasteiger partial charge in [0, 0.05) is 4.47 Å². The van der Waals surface area contributed by atoms with Crippen molar-refractivity contribution in [1.82, 2.24) is 5.32 Å². The Kier molecular flexibility index (Phi) is 7.22. The zero-order valence-corrected chi connectivity index (χ0v) is 15.0. The first-order chi connectivity index (χ1) is 12.0. The lowest BCUT2D eigenvalue weighted by Gasteiger charge is -2.08. The predicted octanol–water partition coefficient (Wildman–Crippen LogP) is 4.28. The topological polar surface area (TPSA) is 75.6 Å². The van der Waals surface area contributed by atoms with Crippen LogP contribution in [0.3, 0.4) is 0 Å². The van der Waals surface area contributed by atoms with Crippen LogP contribution in [0.4, 0.5) is 4.79 Å². The molecule has 0 aromatic heterocycles. The number of halogens is 1. The summed E-state index contributed by atoms with van der Waals surface area (Å²) in [5, 5.41) is 11.5. The van der Waals surface area contributed by atoms with E-state index in [1.165, 1.54) is 6.08 Å². The minimum Gasteiger partial charge on any atom is -0.477 e. The first kappa shape index (κ1) is 18.7. The lowest BCUT2D eigenvalue weighted by molar-refractivity contribution is -0.133. The molecule has 0 saturated carbocycles. The summed E-state index contributed by atoms with van der Waals surface area (Å²) in [4.78, 5) is 23.0. The molecule has 0 unspecified atom stereocenters. The van der Waals surface area contributed by atoms with Gasteiger partial charge in [0.15, 0.2) is 0 Å². The number of carbonyl (C=O) groups is 2. The van der Waals surface area contributed by atoms with E-state index in [4.69, 9.17) is 4.74 Å². The summed E-state index contributed by atoms with van der Waals surface area (Å²) < 4.78 is 6.01. The number of rotatable bonds is 7. The number of ether oxygens (including phenoxy) is 1. The van der Waals surface area contributed by atoms with Gasteiger partial charge in [0.1, 0.15) is 12.3 Å². The Morgan fingerprint density at radius 3 is 2.36 bits per heavy atom. The quantitative estimate of drug-likeness (QED) is 0.676. The number of alkyl carbamates (subject to hydrolysis) is 1. The highest BCUT2D eigenvalue weighted by Crippen LogP contribution is 2.12. The van der Waals surface area contributed by atoms with Gasteiger partial charge in [-0.1, -0.05) is 64.5 Å².